The van der Waals surface area contributed by atoms with Gasteiger partial charge in [0.25, 0.3) is 0 Å². The molecular weight excluding hydrogens is 246 g/mol. The zero-order chi connectivity index (χ0) is 13.7. The second-order valence-electron chi connectivity index (χ2n) is 4.21. The highest BCUT2D eigenvalue weighted by Crippen LogP contribution is 2.07. The Kier molecular flexibility index (Phi) is 4.35. The van der Waals surface area contributed by atoms with Crippen LogP contribution >= 0.6 is 0 Å². The molecule has 1 aliphatic rings. The van der Waals surface area contributed by atoms with Gasteiger partial charge in [0.15, 0.2) is 0 Å². The number of carbonyl (C=O) groups is 2. The van der Waals surface area contributed by atoms with Crippen molar-refractivity contribution in [1.29, 1.82) is 0 Å². The highest BCUT2D eigenvalue weighted by atomic mass is 16.3. The van der Waals surface area contributed by atoms with Crippen molar-refractivity contribution < 1.29 is 14.0 Å². The van der Waals surface area contributed by atoms with Gasteiger partial charge in [-0.2, -0.15) is 0 Å². The Bertz CT molecular complexity index is 467. The quantitative estimate of drug-likeness (QED) is 0.743. The molecule has 6 heteroatoms. The summed E-state index contributed by atoms with van der Waals surface area (Å²) in [6, 6.07) is 3.05. The molecule has 1 unspecified atom stereocenters. The average molecular weight is 263 g/mol. The van der Waals surface area contributed by atoms with Crippen molar-refractivity contribution in [3.63, 3.8) is 0 Å². The van der Waals surface area contributed by atoms with Crippen molar-refractivity contribution in [2.75, 3.05) is 26.7 Å². The van der Waals surface area contributed by atoms with Crippen LogP contribution in [0.15, 0.2) is 28.9 Å². The van der Waals surface area contributed by atoms with Crippen LogP contribution in [0.2, 0.25) is 0 Å². The minimum Gasteiger partial charge on any atom is -0.465 e. The van der Waals surface area contributed by atoms with Crippen LogP contribution in [0.3, 0.4) is 0 Å². The summed E-state index contributed by atoms with van der Waals surface area (Å²) in [7, 11) is 1.57. The molecule has 1 aliphatic heterocycles. The second kappa shape index (κ2) is 6.19. The third kappa shape index (κ3) is 3.23. The molecule has 1 aromatic rings. The maximum atomic E-state index is 12.1. The average Bonchev–Trinajstić information content (AvgIpc) is 2.97. The minimum atomic E-state index is -0.465. The molecule has 0 aliphatic carbocycles. The van der Waals surface area contributed by atoms with Gasteiger partial charge in [0.05, 0.1) is 6.26 Å². The lowest BCUT2D eigenvalue weighted by Gasteiger charge is -2.34. The van der Waals surface area contributed by atoms with E-state index in [-0.39, 0.29) is 11.8 Å². The van der Waals surface area contributed by atoms with Crippen LogP contribution in [-0.4, -0.2) is 49.4 Å². The Balaban J connectivity index is 2.05. The molecule has 0 spiro atoms. The van der Waals surface area contributed by atoms with Gasteiger partial charge in [0, 0.05) is 32.8 Å². The predicted molar refractivity (Wildman–Crippen MR) is 70.2 cm³/mol. The fourth-order valence-corrected chi connectivity index (χ4v) is 2.00. The van der Waals surface area contributed by atoms with Gasteiger partial charge in [-0.3, -0.25) is 9.59 Å². The van der Waals surface area contributed by atoms with E-state index in [2.05, 4.69) is 10.6 Å². The van der Waals surface area contributed by atoms with Crippen molar-refractivity contribution in [3.8, 4) is 0 Å². The Labute approximate surface area is 111 Å². The lowest BCUT2D eigenvalue weighted by Crippen LogP contribution is -2.58. The Morgan fingerprint density at radius 1 is 1.58 bits per heavy atom. The summed E-state index contributed by atoms with van der Waals surface area (Å²) in [5.74, 6) is 0.262. The van der Waals surface area contributed by atoms with Crippen LogP contribution in [0.1, 0.15) is 5.76 Å². The zero-order valence-corrected chi connectivity index (χ0v) is 10.8. The van der Waals surface area contributed by atoms with E-state index >= 15 is 0 Å². The number of hydrogen-bond acceptors (Lipinski definition) is 4. The van der Waals surface area contributed by atoms with Crippen LogP contribution in [0.4, 0.5) is 0 Å². The summed E-state index contributed by atoms with van der Waals surface area (Å²) in [6.45, 7) is 1.67. The van der Waals surface area contributed by atoms with E-state index in [1.54, 1.807) is 36.4 Å². The van der Waals surface area contributed by atoms with Crippen molar-refractivity contribution in [2.45, 2.75) is 6.04 Å². The molecule has 19 heavy (non-hydrogen) atoms. The van der Waals surface area contributed by atoms with Crippen LogP contribution in [0.25, 0.3) is 6.08 Å². The van der Waals surface area contributed by atoms with Gasteiger partial charge < -0.3 is 20.0 Å². The van der Waals surface area contributed by atoms with Crippen molar-refractivity contribution >= 4 is 17.9 Å². The number of piperazine rings is 1. The SMILES string of the molecule is CNC(=O)C1CNCCN1C(=O)C=Cc1ccco1. The minimum absolute atomic E-state index is 0.160. The molecule has 2 rings (SSSR count). The highest BCUT2D eigenvalue weighted by Gasteiger charge is 2.30. The van der Waals surface area contributed by atoms with E-state index in [0.29, 0.717) is 25.4 Å². The van der Waals surface area contributed by atoms with Gasteiger partial charge in [-0.25, -0.2) is 0 Å². The molecule has 0 bridgehead atoms. The van der Waals surface area contributed by atoms with Crippen molar-refractivity contribution in [2.24, 2.45) is 0 Å². The molecule has 1 fully saturated rings. The summed E-state index contributed by atoms with van der Waals surface area (Å²) >= 11 is 0. The lowest BCUT2D eigenvalue weighted by atomic mass is 10.1. The molecule has 2 heterocycles. The standard InChI is InChI=1S/C13H17N3O3/c1-14-13(18)11-9-15-6-7-16(11)12(17)5-4-10-3-2-8-19-10/h2-5,8,11,15H,6-7,9H2,1H3,(H,14,18). The van der Waals surface area contributed by atoms with Gasteiger partial charge in [0.2, 0.25) is 11.8 Å². The number of carbonyl (C=O) groups excluding carboxylic acids is 2. The Morgan fingerprint density at radius 3 is 3.11 bits per heavy atom. The molecule has 0 aromatic carbocycles. The fraction of sp³-hybridized carbons (Fsp3) is 0.385. The molecule has 1 saturated heterocycles. The first kappa shape index (κ1) is 13.4. The molecule has 102 valence electrons. The number of likely N-dealkylation sites (N-methyl/N-ethyl adjacent to an activating group) is 1. The number of nitrogens with one attached hydrogen (secondary N) is 2. The zero-order valence-electron chi connectivity index (χ0n) is 10.8. The molecule has 1 atom stereocenters. The maximum Gasteiger partial charge on any atom is 0.247 e. The highest BCUT2D eigenvalue weighted by molar-refractivity contribution is 5.95. The van der Waals surface area contributed by atoms with Crippen LogP contribution in [0, 0.1) is 0 Å². The first-order valence-electron chi connectivity index (χ1n) is 6.17. The molecule has 6 nitrogen and oxygen atoms in total. The Morgan fingerprint density at radius 2 is 2.42 bits per heavy atom. The van der Waals surface area contributed by atoms with Gasteiger partial charge in [-0.1, -0.05) is 0 Å². The molecular formula is C13H17N3O3. The number of rotatable bonds is 3. The molecule has 0 saturated carbocycles. The number of nitrogens with zero attached hydrogens (tertiary/aromatic N) is 1. The normalized spacial score (nSPS) is 19.6. The number of furan rings is 1. The van der Waals surface area contributed by atoms with E-state index in [1.165, 1.54) is 6.08 Å². The molecule has 2 N–H and O–H groups in total. The first-order chi connectivity index (χ1) is 9.22. The lowest BCUT2D eigenvalue weighted by molar-refractivity contribution is -0.137. The van der Waals surface area contributed by atoms with Crippen molar-refractivity contribution in [1.82, 2.24) is 15.5 Å². The predicted octanol–water partition coefficient (Wildman–Crippen LogP) is -0.161. The van der Waals surface area contributed by atoms with Crippen LogP contribution < -0.4 is 10.6 Å². The molecule has 2 amide bonds. The van der Waals surface area contributed by atoms with Gasteiger partial charge in [-0.15, -0.1) is 0 Å². The van der Waals surface area contributed by atoms with Gasteiger partial charge in [-0.05, 0) is 18.2 Å². The Hall–Kier alpha value is -2.08. The van der Waals surface area contributed by atoms with Crippen LogP contribution in [0.5, 0.6) is 0 Å². The van der Waals surface area contributed by atoms with E-state index in [1.807, 2.05) is 0 Å². The monoisotopic (exact) mass is 263 g/mol. The van der Waals surface area contributed by atoms with Gasteiger partial charge >= 0.3 is 0 Å². The summed E-state index contributed by atoms with van der Waals surface area (Å²) in [4.78, 5) is 25.4. The van der Waals surface area contributed by atoms with E-state index in [9.17, 15) is 9.59 Å². The smallest absolute Gasteiger partial charge is 0.247 e. The third-order valence-corrected chi connectivity index (χ3v) is 3.01. The fourth-order valence-electron chi connectivity index (χ4n) is 2.00. The summed E-state index contributed by atoms with van der Waals surface area (Å²) < 4.78 is 5.12. The van der Waals surface area contributed by atoms with E-state index in [4.69, 9.17) is 4.42 Å². The van der Waals surface area contributed by atoms with Crippen molar-refractivity contribution in [3.05, 3.63) is 30.2 Å². The number of hydrogen-bond donors (Lipinski definition) is 2. The summed E-state index contributed by atoms with van der Waals surface area (Å²) in [5.41, 5.74) is 0. The topological polar surface area (TPSA) is 74.6 Å². The first-order valence-corrected chi connectivity index (χ1v) is 6.17. The molecule has 1 aromatic heterocycles. The van der Waals surface area contributed by atoms with E-state index in [0.717, 1.165) is 0 Å². The van der Waals surface area contributed by atoms with Crippen LogP contribution in [-0.2, 0) is 9.59 Å². The van der Waals surface area contributed by atoms with E-state index < -0.39 is 6.04 Å². The third-order valence-electron chi connectivity index (χ3n) is 3.01. The largest absolute Gasteiger partial charge is 0.465 e. The number of amides is 2. The maximum absolute atomic E-state index is 12.1. The molecule has 0 radical (unpaired) electrons. The van der Waals surface area contributed by atoms with Gasteiger partial charge in [0.1, 0.15) is 11.8 Å². The summed E-state index contributed by atoms with van der Waals surface area (Å²) in [5, 5.41) is 5.68. The second-order valence-corrected chi connectivity index (χ2v) is 4.21. The summed E-state index contributed by atoms with van der Waals surface area (Å²) in [6.07, 6.45) is 4.58.